The maximum Gasteiger partial charge on any atom is 0.243 e. The highest BCUT2D eigenvalue weighted by Crippen LogP contribution is 2.22. The molecule has 0 aliphatic heterocycles. The lowest BCUT2D eigenvalue weighted by atomic mass is 10.00. The van der Waals surface area contributed by atoms with Crippen molar-refractivity contribution in [2.45, 2.75) is 72.0 Å². The van der Waals surface area contributed by atoms with Gasteiger partial charge >= 0.3 is 0 Å². The lowest BCUT2D eigenvalue weighted by molar-refractivity contribution is -0.141. The fraction of sp³-hybridized carbons (Fsp3) is 0.379. The Hall–Kier alpha value is -3.14. The number of benzene rings is 3. The van der Waals surface area contributed by atoms with Crippen LogP contribution in [-0.2, 0) is 22.6 Å². The second-order valence-corrected chi connectivity index (χ2v) is 8.83. The topological polar surface area (TPSA) is 49.4 Å². The summed E-state index contributed by atoms with van der Waals surface area (Å²) >= 11 is 0. The molecule has 0 bridgehead atoms. The van der Waals surface area contributed by atoms with E-state index >= 15 is 0 Å². The number of fused-ring (bicyclic) bond motifs is 1. The molecule has 0 aliphatic carbocycles. The Morgan fingerprint density at radius 1 is 0.879 bits per heavy atom. The summed E-state index contributed by atoms with van der Waals surface area (Å²) in [6, 6.07) is 22.2. The van der Waals surface area contributed by atoms with E-state index in [4.69, 9.17) is 0 Å². The molecule has 3 aromatic rings. The van der Waals surface area contributed by atoms with E-state index in [-0.39, 0.29) is 17.9 Å². The monoisotopic (exact) mass is 444 g/mol. The molecule has 0 saturated heterocycles. The first kappa shape index (κ1) is 24.5. The van der Waals surface area contributed by atoms with Gasteiger partial charge in [-0.15, -0.1) is 0 Å². The van der Waals surface area contributed by atoms with Crippen LogP contribution in [0.5, 0.6) is 0 Å². The van der Waals surface area contributed by atoms with Crippen LogP contribution in [0.25, 0.3) is 10.8 Å². The van der Waals surface area contributed by atoms with Crippen molar-refractivity contribution in [3.63, 3.8) is 0 Å². The van der Waals surface area contributed by atoms with E-state index in [0.29, 0.717) is 25.8 Å². The van der Waals surface area contributed by atoms with Gasteiger partial charge in [-0.3, -0.25) is 9.59 Å². The molecule has 174 valence electrons. The maximum absolute atomic E-state index is 13.6. The third-order valence-corrected chi connectivity index (χ3v) is 6.48. The zero-order chi connectivity index (χ0) is 23.8. The molecule has 2 amide bonds. The van der Waals surface area contributed by atoms with E-state index in [1.165, 1.54) is 10.8 Å². The third kappa shape index (κ3) is 6.22. The number of hydrogen-bond donors (Lipinski definition) is 1. The predicted molar refractivity (Wildman–Crippen MR) is 136 cm³/mol. The molecule has 2 atom stereocenters. The normalized spacial score (nSPS) is 12.8. The second-order valence-electron chi connectivity index (χ2n) is 8.83. The van der Waals surface area contributed by atoms with Crippen LogP contribution >= 0.6 is 0 Å². The van der Waals surface area contributed by atoms with Gasteiger partial charge in [-0.05, 0) is 60.6 Å². The summed E-state index contributed by atoms with van der Waals surface area (Å²) in [5.41, 5.74) is 3.36. The summed E-state index contributed by atoms with van der Waals surface area (Å²) in [7, 11) is 0. The lowest BCUT2D eigenvalue weighted by Crippen LogP contribution is -2.50. The van der Waals surface area contributed by atoms with Gasteiger partial charge in [0, 0.05) is 19.0 Å². The van der Waals surface area contributed by atoms with Gasteiger partial charge in [-0.1, -0.05) is 80.6 Å². The van der Waals surface area contributed by atoms with Gasteiger partial charge in [0.1, 0.15) is 6.04 Å². The van der Waals surface area contributed by atoms with Crippen LogP contribution in [0.3, 0.4) is 0 Å². The summed E-state index contributed by atoms with van der Waals surface area (Å²) in [4.78, 5) is 28.5. The van der Waals surface area contributed by atoms with Gasteiger partial charge in [-0.2, -0.15) is 0 Å². The lowest BCUT2D eigenvalue weighted by Gasteiger charge is -2.32. The van der Waals surface area contributed by atoms with Crippen molar-refractivity contribution in [2.75, 3.05) is 0 Å². The van der Waals surface area contributed by atoms with E-state index < -0.39 is 6.04 Å². The Kier molecular flexibility index (Phi) is 8.65. The molecule has 33 heavy (non-hydrogen) atoms. The molecule has 0 saturated carbocycles. The van der Waals surface area contributed by atoms with Crippen molar-refractivity contribution in [1.29, 1.82) is 0 Å². The molecule has 0 heterocycles. The standard InChI is InChI=1S/C29H36N2O2/c1-5-22(4)30-29(33)27(6-2)31(20-25-14-8-7-12-21(25)3)28(32)19-18-24-16-11-15-23-13-9-10-17-26(23)24/h7-17,22,27H,5-6,18-20H2,1-4H3,(H,30,33)/t22-,27+/m1/s1. The molecular weight excluding hydrogens is 408 g/mol. The first-order chi connectivity index (χ1) is 15.9. The number of rotatable bonds is 10. The summed E-state index contributed by atoms with van der Waals surface area (Å²) in [6.07, 6.45) is 2.45. The quantitative estimate of drug-likeness (QED) is 0.429. The summed E-state index contributed by atoms with van der Waals surface area (Å²) in [5, 5.41) is 5.44. The summed E-state index contributed by atoms with van der Waals surface area (Å²) in [5.74, 6) is -0.0590. The largest absolute Gasteiger partial charge is 0.352 e. The van der Waals surface area contributed by atoms with Gasteiger partial charge in [-0.25, -0.2) is 0 Å². The van der Waals surface area contributed by atoms with Crippen molar-refractivity contribution < 1.29 is 9.59 Å². The van der Waals surface area contributed by atoms with Gasteiger partial charge in [0.2, 0.25) is 11.8 Å². The zero-order valence-corrected chi connectivity index (χ0v) is 20.3. The molecule has 0 radical (unpaired) electrons. The average Bonchev–Trinajstić information content (AvgIpc) is 2.83. The molecule has 3 aromatic carbocycles. The fourth-order valence-corrected chi connectivity index (χ4v) is 4.23. The van der Waals surface area contributed by atoms with E-state index in [1.54, 1.807) is 4.90 Å². The number of carbonyl (C=O) groups excluding carboxylic acids is 2. The molecule has 0 aromatic heterocycles. The Labute approximate surface area is 198 Å². The molecule has 3 rings (SSSR count). The second kappa shape index (κ2) is 11.6. The van der Waals surface area contributed by atoms with Crippen molar-refractivity contribution in [1.82, 2.24) is 10.2 Å². The predicted octanol–water partition coefficient (Wildman–Crippen LogP) is 5.80. The highest BCUT2D eigenvalue weighted by molar-refractivity contribution is 5.89. The van der Waals surface area contributed by atoms with Gasteiger partial charge in [0.05, 0.1) is 0 Å². The molecule has 0 unspecified atom stereocenters. The molecule has 4 heteroatoms. The smallest absolute Gasteiger partial charge is 0.243 e. The number of hydrogen-bond acceptors (Lipinski definition) is 2. The highest BCUT2D eigenvalue weighted by atomic mass is 16.2. The Morgan fingerprint density at radius 2 is 1.55 bits per heavy atom. The van der Waals surface area contributed by atoms with Crippen LogP contribution in [0.15, 0.2) is 66.7 Å². The van der Waals surface area contributed by atoms with Crippen LogP contribution in [0, 0.1) is 6.92 Å². The number of carbonyl (C=O) groups is 2. The van der Waals surface area contributed by atoms with Crippen molar-refractivity contribution in [3.05, 3.63) is 83.4 Å². The minimum Gasteiger partial charge on any atom is -0.352 e. The maximum atomic E-state index is 13.6. The van der Waals surface area contributed by atoms with Crippen molar-refractivity contribution in [2.24, 2.45) is 0 Å². The molecule has 4 nitrogen and oxygen atoms in total. The van der Waals surface area contributed by atoms with Crippen LogP contribution in [0.1, 0.15) is 56.7 Å². The number of aryl methyl sites for hydroxylation is 2. The molecule has 1 N–H and O–H groups in total. The van der Waals surface area contributed by atoms with Crippen LogP contribution < -0.4 is 5.32 Å². The molecule has 0 aliphatic rings. The van der Waals surface area contributed by atoms with E-state index in [9.17, 15) is 9.59 Å². The Balaban J connectivity index is 1.84. The first-order valence-electron chi connectivity index (χ1n) is 12.1. The number of nitrogens with one attached hydrogen (secondary N) is 1. The molecule has 0 spiro atoms. The van der Waals surface area contributed by atoms with Crippen LogP contribution in [0.2, 0.25) is 0 Å². The number of amides is 2. The summed E-state index contributed by atoms with van der Waals surface area (Å²) in [6.45, 7) is 8.51. The van der Waals surface area contributed by atoms with Crippen LogP contribution in [-0.4, -0.2) is 28.8 Å². The Bertz CT molecular complexity index is 1090. The van der Waals surface area contributed by atoms with Crippen molar-refractivity contribution in [3.8, 4) is 0 Å². The Morgan fingerprint density at radius 3 is 2.27 bits per heavy atom. The van der Waals surface area contributed by atoms with Crippen molar-refractivity contribution >= 4 is 22.6 Å². The summed E-state index contributed by atoms with van der Waals surface area (Å²) < 4.78 is 0. The van der Waals surface area contributed by atoms with E-state index in [1.807, 2.05) is 70.2 Å². The minimum absolute atomic E-state index is 0.0114. The van der Waals surface area contributed by atoms with E-state index in [2.05, 4.69) is 29.6 Å². The first-order valence-corrected chi connectivity index (χ1v) is 12.1. The van der Waals surface area contributed by atoms with Crippen LogP contribution in [0.4, 0.5) is 0 Å². The molecule has 0 fully saturated rings. The fourth-order valence-electron chi connectivity index (χ4n) is 4.23. The average molecular weight is 445 g/mol. The van der Waals surface area contributed by atoms with E-state index in [0.717, 1.165) is 23.1 Å². The SMILES string of the molecule is CC[C@@H](C)NC(=O)[C@H](CC)N(Cc1ccccc1C)C(=O)CCc1cccc2ccccc12. The number of nitrogens with zero attached hydrogens (tertiary/aromatic N) is 1. The minimum atomic E-state index is -0.487. The van der Waals surface area contributed by atoms with Gasteiger partial charge < -0.3 is 10.2 Å². The van der Waals surface area contributed by atoms with Gasteiger partial charge in [0.15, 0.2) is 0 Å². The third-order valence-electron chi connectivity index (χ3n) is 6.48. The van der Waals surface area contributed by atoms with Gasteiger partial charge in [0.25, 0.3) is 0 Å². The zero-order valence-electron chi connectivity index (χ0n) is 20.3. The highest BCUT2D eigenvalue weighted by Gasteiger charge is 2.29. The molecular formula is C29H36N2O2.